The molecule has 4 nitrogen and oxygen atoms in total. The molecule has 0 fully saturated rings. The van der Waals surface area contributed by atoms with Crippen molar-refractivity contribution in [2.24, 2.45) is 0 Å². The fourth-order valence-electron chi connectivity index (χ4n) is 9.65. The van der Waals surface area contributed by atoms with E-state index >= 15 is 0 Å². The van der Waals surface area contributed by atoms with Crippen molar-refractivity contribution < 1.29 is 0 Å². The van der Waals surface area contributed by atoms with Crippen molar-refractivity contribution in [2.75, 3.05) is 32.9 Å². The van der Waals surface area contributed by atoms with E-state index in [0.717, 1.165) is 0 Å². The predicted octanol–water partition coefficient (Wildman–Crippen LogP) is 14.3. The molecule has 2 aliphatic heterocycles. The van der Waals surface area contributed by atoms with Crippen LogP contribution in [0.4, 0.5) is 34.1 Å². The molecule has 4 heteroatoms. The van der Waals surface area contributed by atoms with Gasteiger partial charge < -0.3 is 19.6 Å². The summed E-state index contributed by atoms with van der Waals surface area (Å²) >= 11 is 0. The van der Waals surface area contributed by atoms with Crippen molar-refractivity contribution in [1.29, 1.82) is 0 Å². The third kappa shape index (κ3) is 6.24. The number of fused-ring (bicyclic) bond motifs is 5. The van der Waals surface area contributed by atoms with Crippen molar-refractivity contribution in [3.05, 3.63) is 167 Å². The minimum atomic E-state index is -0.685. The van der Waals surface area contributed by atoms with Crippen molar-refractivity contribution in [3.63, 3.8) is 0 Å². The standard InChI is InChI=1S/C55H62N4/c1-51(2,3)37-19-17-21-41(31-37)56-35-58(47-29-27-39(33-49(47)56)53(7,8)9)55(45-25-15-13-23-43(45)44-24-14-16-26-46(44)55)59-36-57(42-22-18-20-38(32-42)52(4,5)6)50-34-40(54(10,11)12)28-30-48(50)59/h13-34H,35-36H2,1-12H3. The van der Waals surface area contributed by atoms with E-state index in [1.165, 1.54) is 78.6 Å². The normalized spacial score (nSPS) is 16.0. The average molecular weight is 779 g/mol. The fourth-order valence-corrected chi connectivity index (χ4v) is 9.65. The molecule has 59 heavy (non-hydrogen) atoms. The molecule has 2 heterocycles. The lowest BCUT2D eigenvalue weighted by Gasteiger charge is -2.49. The minimum absolute atomic E-state index is 0.00757. The number of anilines is 6. The number of nitrogens with zero attached hydrogens (tertiary/aromatic N) is 4. The Balaban J connectivity index is 1.33. The third-order valence-electron chi connectivity index (χ3n) is 13.1. The van der Waals surface area contributed by atoms with Crippen LogP contribution in [0.15, 0.2) is 133 Å². The molecule has 0 atom stereocenters. The Labute approximate surface area is 354 Å². The zero-order valence-corrected chi connectivity index (χ0v) is 37.4. The van der Waals surface area contributed by atoms with Gasteiger partial charge in [0.1, 0.15) is 0 Å². The molecule has 6 aromatic rings. The van der Waals surface area contributed by atoms with Crippen LogP contribution in [-0.2, 0) is 27.3 Å². The van der Waals surface area contributed by atoms with Gasteiger partial charge in [0, 0.05) is 22.5 Å². The van der Waals surface area contributed by atoms with Gasteiger partial charge in [0.05, 0.1) is 36.1 Å². The first-order valence-corrected chi connectivity index (χ1v) is 21.6. The molecule has 0 bridgehead atoms. The van der Waals surface area contributed by atoms with Crippen LogP contribution >= 0.6 is 0 Å². The summed E-state index contributed by atoms with van der Waals surface area (Å²) in [5.74, 6) is 0. The second-order valence-corrected chi connectivity index (χ2v) is 21.3. The highest BCUT2D eigenvalue weighted by Crippen LogP contribution is 2.61. The summed E-state index contributed by atoms with van der Waals surface area (Å²) in [5, 5.41) is 0. The van der Waals surface area contributed by atoms with Crippen molar-refractivity contribution in [3.8, 4) is 11.1 Å². The molecule has 302 valence electrons. The molecule has 6 aromatic carbocycles. The molecule has 0 N–H and O–H groups in total. The molecule has 0 saturated heterocycles. The molecule has 9 rings (SSSR count). The van der Waals surface area contributed by atoms with Crippen LogP contribution in [0.1, 0.15) is 116 Å². The summed E-state index contributed by atoms with van der Waals surface area (Å²) in [5.41, 5.74) is 17.3. The molecule has 0 spiro atoms. The van der Waals surface area contributed by atoms with E-state index in [9.17, 15) is 0 Å². The zero-order chi connectivity index (χ0) is 41.9. The number of hydrogen-bond acceptors (Lipinski definition) is 4. The zero-order valence-electron chi connectivity index (χ0n) is 37.4. The van der Waals surface area contributed by atoms with E-state index in [0.29, 0.717) is 13.3 Å². The first-order valence-electron chi connectivity index (χ1n) is 21.6. The van der Waals surface area contributed by atoms with Gasteiger partial charge in [-0.1, -0.05) is 168 Å². The Kier molecular flexibility index (Phi) is 8.77. The van der Waals surface area contributed by atoms with Crippen LogP contribution in [0.2, 0.25) is 0 Å². The van der Waals surface area contributed by atoms with Gasteiger partial charge in [-0.15, -0.1) is 0 Å². The number of benzene rings is 6. The van der Waals surface area contributed by atoms with Crippen LogP contribution < -0.4 is 19.6 Å². The fraction of sp³-hybridized carbons (Fsp3) is 0.345. The molecule has 3 aliphatic rings. The van der Waals surface area contributed by atoms with Gasteiger partial charge in [0.25, 0.3) is 0 Å². The highest BCUT2D eigenvalue weighted by molar-refractivity contribution is 5.94. The lowest BCUT2D eigenvalue weighted by molar-refractivity contribution is 0.472. The highest BCUT2D eigenvalue weighted by Gasteiger charge is 2.57. The Bertz CT molecular complexity index is 2410. The maximum absolute atomic E-state index is 2.74. The topological polar surface area (TPSA) is 13.0 Å². The average Bonchev–Trinajstić information content (AvgIpc) is 3.85. The van der Waals surface area contributed by atoms with Crippen molar-refractivity contribution in [2.45, 2.75) is 110 Å². The summed E-state index contributed by atoms with van der Waals surface area (Å²) in [4.78, 5) is 10.6. The van der Waals surface area contributed by atoms with Gasteiger partial charge in [-0.2, -0.15) is 0 Å². The molecular formula is C55H62N4. The van der Waals surface area contributed by atoms with Crippen molar-refractivity contribution in [1.82, 2.24) is 0 Å². The first kappa shape index (κ1) is 39.0. The van der Waals surface area contributed by atoms with Crippen LogP contribution in [0, 0.1) is 0 Å². The molecule has 0 aromatic heterocycles. The van der Waals surface area contributed by atoms with Gasteiger partial charge in [-0.05, 0) is 104 Å². The van der Waals surface area contributed by atoms with Crippen LogP contribution in [0.3, 0.4) is 0 Å². The molecule has 1 aliphatic carbocycles. The Hall–Kier alpha value is -5.48. The number of hydrogen-bond donors (Lipinski definition) is 0. The Morgan fingerprint density at radius 1 is 0.356 bits per heavy atom. The number of rotatable bonds is 4. The molecule has 0 amide bonds. The van der Waals surface area contributed by atoms with Gasteiger partial charge in [-0.25, -0.2) is 0 Å². The smallest absolute Gasteiger partial charge is 0.170 e. The van der Waals surface area contributed by atoms with E-state index in [1.807, 2.05) is 0 Å². The monoisotopic (exact) mass is 778 g/mol. The molecule has 0 saturated carbocycles. The van der Waals surface area contributed by atoms with Gasteiger partial charge in [0.2, 0.25) is 0 Å². The van der Waals surface area contributed by atoms with Gasteiger partial charge >= 0.3 is 0 Å². The van der Waals surface area contributed by atoms with E-state index in [-0.39, 0.29) is 21.7 Å². The molecule has 0 radical (unpaired) electrons. The predicted molar refractivity (Wildman–Crippen MR) is 252 cm³/mol. The van der Waals surface area contributed by atoms with E-state index in [2.05, 4.69) is 236 Å². The van der Waals surface area contributed by atoms with E-state index in [4.69, 9.17) is 0 Å². The second kappa shape index (κ2) is 13.3. The van der Waals surface area contributed by atoms with E-state index in [1.54, 1.807) is 0 Å². The van der Waals surface area contributed by atoms with Crippen LogP contribution in [0.5, 0.6) is 0 Å². The lowest BCUT2D eigenvalue weighted by atomic mass is 9.85. The lowest BCUT2D eigenvalue weighted by Crippen LogP contribution is -2.59. The summed E-state index contributed by atoms with van der Waals surface area (Å²) in [7, 11) is 0. The summed E-state index contributed by atoms with van der Waals surface area (Å²) < 4.78 is 0. The van der Waals surface area contributed by atoms with Crippen LogP contribution in [-0.4, -0.2) is 13.3 Å². The highest BCUT2D eigenvalue weighted by atomic mass is 15.5. The van der Waals surface area contributed by atoms with Gasteiger partial charge in [0.15, 0.2) is 5.66 Å². The first-order chi connectivity index (χ1) is 27.8. The Morgan fingerprint density at radius 3 is 1.08 bits per heavy atom. The largest absolute Gasteiger partial charge is 0.321 e. The summed E-state index contributed by atoms with van der Waals surface area (Å²) in [6.45, 7) is 29.2. The summed E-state index contributed by atoms with van der Waals surface area (Å²) in [6.07, 6.45) is 0. The molecule has 0 unspecified atom stereocenters. The van der Waals surface area contributed by atoms with Crippen molar-refractivity contribution >= 4 is 34.1 Å². The minimum Gasteiger partial charge on any atom is -0.321 e. The maximum Gasteiger partial charge on any atom is 0.170 e. The van der Waals surface area contributed by atoms with Crippen LogP contribution in [0.25, 0.3) is 11.1 Å². The third-order valence-corrected chi connectivity index (χ3v) is 13.1. The van der Waals surface area contributed by atoms with Gasteiger partial charge in [-0.3, -0.25) is 0 Å². The second-order valence-electron chi connectivity index (χ2n) is 21.3. The maximum atomic E-state index is 2.74. The summed E-state index contributed by atoms with van der Waals surface area (Å²) in [6, 6.07) is 51.4. The SMILES string of the molecule is CC(C)(C)c1cccc(N2CN(C3(N4CN(c5cccc(C(C)(C)C)c5)c5cc(C(C)(C)C)ccc54)c4ccccc4-c4ccccc43)c3ccc(C(C)(C)C)cc32)c1. The molecular weight excluding hydrogens is 717 g/mol. The quantitative estimate of drug-likeness (QED) is 0.177. The van der Waals surface area contributed by atoms with E-state index < -0.39 is 5.66 Å². The Morgan fingerprint density at radius 2 is 0.712 bits per heavy atom.